The number of rotatable bonds is 9. The molecular formula is C24H31N3O2. The molecule has 1 saturated heterocycles. The molecule has 0 unspecified atom stereocenters. The summed E-state index contributed by atoms with van der Waals surface area (Å²) in [4.78, 5) is 28.2. The van der Waals surface area contributed by atoms with Gasteiger partial charge in [0.1, 0.15) is 0 Å². The fourth-order valence-electron chi connectivity index (χ4n) is 3.83. The third kappa shape index (κ3) is 5.99. The summed E-state index contributed by atoms with van der Waals surface area (Å²) in [5.74, 6) is 0.134. The second kappa shape index (κ2) is 10.3. The summed E-state index contributed by atoms with van der Waals surface area (Å²) in [6, 6.07) is 16.0. The van der Waals surface area contributed by atoms with Crippen molar-refractivity contribution in [1.29, 1.82) is 0 Å². The molecule has 0 bridgehead atoms. The Balaban J connectivity index is 1.58. The van der Waals surface area contributed by atoms with Gasteiger partial charge in [-0.1, -0.05) is 42.5 Å². The Morgan fingerprint density at radius 3 is 2.45 bits per heavy atom. The number of carbonyl (C=O) groups is 2. The van der Waals surface area contributed by atoms with E-state index >= 15 is 0 Å². The topological polar surface area (TPSA) is 66.6 Å². The molecule has 0 spiro atoms. The molecule has 1 aliphatic heterocycles. The molecule has 0 aromatic heterocycles. The van der Waals surface area contributed by atoms with Gasteiger partial charge in [0.25, 0.3) is 0 Å². The molecule has 2 aromatic rings. The van der Waals surface area contributed by atoms with Crippen molar-refractivity contribution in [3.63, 3.8) is 0 Å². The van der Waals surface area contributed by atoms with E-state index in [1.54, 1.807) is 11.9 Å². The molecule has 154 valence electrons. The summed E-state index contributed by atoms with van der Waals surface area (Å²) in [5, 5.41) is 0. The number of hydrogen-bond acceptors (Lipinski definition) is 4. The van der Waals surface area contributed by atoms with E-state index < -0.39 is 0 Å². The van der Waals surface area contributed by atoms with Crippen molar-refractivity contribution in [3.05, 3.63) is 59.7 Å². The minimum Gasteiger partial charge on any atom is -0.340 e. The van der Waals surface area contributed by atoms with Crippen LogP contribution in [0.2, 0.25) is 0 Å². The molecule has 5 heteroatoms. The normalized spacial score (nSPS) is 14.1. The summed E-state index contributed by atoms with van der Waals surface area (Å²) in [5.41, 5.74) is 9.39. The zero-order valence-corrected chi connectivity index (χ0v) is 17.3. The number of likely N-dealkylation sites (N-methyl/N-ethyl adjacent to an activating group) is 1. The second-order valence-corrected chi connectivity index (χ2v) is 7.81. The van der Waals surface area contributed by atoms with Gasteiger partial charge in [-0.2, -0.15) is 0 Å². The van der Waals surface area contributed by atoms with Crippen molar-refractivity contribution in [2.24, 2.45) is 5.73 Å². The molecule has 0 aliphatic carbocycles. The zero-order valence-electron chi connectivity index (χ0n) is 17.3. The van der Waals surface area contributed by atoms with Gasteiger partial charge in [-0.25, -0.2) is 0 Å². The molecule has 5 nitrogen and oxygen atoms in total. The molecule has 29 heavy (non-hydrogen) atoms. The Hall–Kier alpha value is -2.50. The van der Waals surface area contributed by atoms with Crippen molar-refractivity contribution in [2.75, 3.05) is 33.2 Å². The van der Waals surface area contributed by atoms with Gasteiger partial charge in [-0.3, -0.25) is 9.59 Å². The Kier molecular flexibility index (Phi) is 7.55. The van der Waals surface area contributed by atoms with Crippen LogP contribution < -0.4 is 5.73 Å². The molecule has 1 fully saturated rings. The highest BCUT2D eigenvalue weighted by atomic mass is 16.2. The largest absolute Gasteiger partial charge is 0.340 e. The van der Waals surface area contributed by atoms with Crippen molar-refractivity contribution >= 4 is 11.7 Å². The van der Waals surface area contributed by atoms with E-state index in [4.69, 9.17) is 5.73 Å². The third-order valence-electron chi connectivity index (χ3n) is 5.56. The van der Waals surface area contributed by atoms with Crippen LogP contribution in [0.5, 0.6) is 0 Å². The summed E-state index contributed by atoms with van der Waals surface area (Å²) >= 11 is 0. The van der Waals surface area contributed by atoms with Crippen LogP contribution in [0.4, 0.5) is 0 Å². The third-order valence-corrected chi connectivity index (χ3v) is 5.56. The number of benzene rings is 2. The minimum absolute atomic E-state index is 0.0176. The zero-order chi connectivity index (χ0) is 20.6. The number of amides is 1. The lowest BCUT2D eigenvalue weighted by Gasteiger charge is -2.16. The number of ketones is 1. The molecular weight excluding hydrogens is 362 g/mol. The number of likely N-dealkylation sites (tertiary alicyclic amines) is 1. The van der Waals surface area contributed by atoms with Gasteiger partial charge in [0.05, 0.1) is 6.54 Å². The van der Waals surface area contributed by atoms with Gasteiger partial charge in [0.15, 0.2) is 5.78 Å². The van der Waals surface area contributed by atoms with E-state index in [0.29, 0.717) is 13.0 Å². The van der Waals surface area contributed by atoms with E-state index in [0.717, 1.165) is 35.2 Å². The van der Waals surface area contributed by atoms with Gasteiger partial charge in [0.2, 0.25) is 5.91 Å². The second-order valence-electron chi connectivity index (χ2n) is 7.81. The highest BCUT2D eigenvalue weighted by Crippen LogP contribution is 2.22. The van der Waals surface area contributed by atoms with Crippen LogP contribution in [0.1, 0.15) is 41.6 Å². The van der Waals surface area contributed by atoms with E-state index in [2.05, 4.69) is 11.0 Å². The van der Waals surface area contributed by atoms with Crippen molar-refractivity contribution in [3.8, 4) is 11.1 Å². The molecule has 0 radical (unpaired) electrons. The summed E-state index contributed by atoms with van der Waals surface area (Å²) < 4.78 is 0. The highest BCUT2D eigenvalue weighted by Gasteiger charge is 2.13. The average Bonchev–Trinajstić information content (AvgIpc) is 3.27. The lowest BCUT2D eigenvalue weighted by molar-refractivity contribution is -0.128. The molecule has 0 saturated carbocycles. The predicted molar refractivity (Wildman–Crippen MR) is 117 cm³/mol. The molecule has 1 aliphatic rings. The van der Waals surface area contributed by atoms with E-state index in [1.807, 2.05) is 42.5 Å². The summed E-state index contributed by atoms with van der Waals surface area (Å²) in [7, 11) is 1.76. The van der Waals surface area contributed by atoms with Crippen LogP contribution in [0.3, 0.4) is 0 Å². The van der Waals surface area contributed by atoms with E-state index in [9.17, 15) is 9.59 Å². The van der Waals surface area contributed by atoms with Gasteiger partial charge < -0.3 is 15.5 Å². The van der Waals surface area contributed by atoms with Crippen LogP contribution in [0.25, 0.3) is 11.1 Å². The van der Waals surface area contributed by atoms with Crippen LogP contribution in [-0.2, 0) is 11.3 Å². The maximum Gasteiger partial charge on any atom is 0.236 e. The average molecular weight is 394 g/mol. The Bertz CT molecular complexity index is 826. The van der Waals surface area contributed by atoms with Gasteiger partial charge in [-0.15, -0.1) is 0 Å². The monoisotopic (exact) mass is 393 g/mol. The molecule has 2 aromatic carbocycles. The van der Waals surface area contributed by atoms with Crippen molar-refractivity contribution < 1.29 is 9.59 Å². The maximum absolute atomic E-state index is 12.5. The Morgan fingerprint density at radius 2 is 1.76 bits per heavy atom. The lowest BCUT2D eigenvalue weighted by atomic mass is 9.99. The first-order valence-corrected chi connectivity index (χ1v) is 10.5. The SMILES string of the molecule is CN(Cc1cccc(-c2ccc(C(=O)CCCN3CCCC3)cc2)c1)C(=O)CN. The number of hydrogen-bond donors (Lipinski definition) is 1. The Labute approximate surface area is 173 Å². The summed E-state index contributed by atoms with van der Waals surface area (Å²) in [6.07, 6.45) is 4.11. The maximum atomic E-state index is 12.5. The first kappa shape index (κ1) is 21.2. The Morgan fingerprint density at radius 1 is 1.03 bits per heavy atom. The van der Waals surface area contributed by atoms with E-state index in [1.165, 1.54) is 25.9 Å². The first-order valence-electron chi connectivity index (χ1n) is 10.5. The standard InChI is InChI=1S/C24H31N3O2/c1-26(24(29)17-25)18-19-6-4-7-22(16-19)20-9-11-21(12-10-20)23(28)8-5-15-27-13-2-3-14-27/h4,6-7,9-12,16H,2-3,5,8,13-15,17-18,25H2,1H3. The van der Waals surface area contributed by atoms with Gasteiger partial charge >= 0.3 is 0 Å². The quantitative estimate of drug-likeness (QED) is 0.664. The molecule has 0 atom stereocenters. The molecule has 2 N–H and O–H groups in total. The van der Waals surface area contributed by atoms with Crippen LogP contribution in [0.15, 0.2) is 48.5 Å². The van der Waals surface area contributed by atoms with E-state index in [-0.39, 0.29) is 18.2 Å². The lowest BCUT2D eigenvalue weighted by Crippen LogP contribution is -2.32. The first-order chi connectivity index (χ1) is 14.1. The fraction of sp³-hybridized carbons (Fsp3) is 0.417. The fourth-order valence-corrected chi connectivity index (χ4v) is 3.83. The number of nitrogens with zero attached hydrogens (tertiary/aromatic N) is 2. The minimum atomic E-state index is -0.0806. The number of Topliss-reactive ketones (excluding diaryl/α,β-unsaturated/α-hetero) is 1. The van der Waals surface area contributed by atoms with Crippen molar-refractivity contribution in [2.45, 2.75) is 32.2 Å². The van der Waals surface area contributed by atoms with Crippen LogP contribution >= 0.6 is 0 Å². The molecule has 1 amide bonds. The highest BCUT2D eigenvalue weighted by molar-refractivity contribution is 5.96. The number of carbonyl (C=O) groups excluding carboxylic acids is 2. The summed E-state index contributed by atoms with van der Waals surface area (Å²) in [6.45, 7) is 3.93. The van der Waals surface area contributed by atoms with Gasteiger partial charge in [0, 0.05) is 25.6 Å². The molecule has 1 heterocycles. The number of nitrogens with two attached hydrogens (primary N) is 1. The smallest absolute Gasteiger partial charge is 0.236 e. The van der Waals surface area contributed by atoms with Crippen LogP contribution in [-0.4, -0.2) is 54.7 Å². The van der Waals surface area contributed by atoms with Gasteiger partial charge in [-0.05, 0) is 61.7 Å². The predicted octanol–water partition coefficient (Wildman–Crippen LogP) is 3.33. The van der Waals surface area contributed by atoms with Crippen LogP contribution in [0, 0.1) is 0 Å². The molecule has 3 rings (SSSR count). The van der Waals surface area contributed by atoms with Crippen molar-refractivity contribution in [1.82, 2.24) is 9.80 Å².